The highest BCUT2D eigenvalue weighted by atomic mass is 19.1. The Hall–Kier alpha value is -1.68. The number of aryl methyl sites for hydroxylation is 2. The molecule has 3 rings (SSSR count). The van der Waals surface area contributed by atoms with Crippen molar-refractivity contribution in [2.75, 3.05) is 6.54 Å². The lowest BCUT2D eigenvalue weighted by Gasteiger charge is -2.36. The number of nitrogens with zero attached hydrogens (tertiary/aromatic N) is 3. The van der Waals surface area contributed by atoms with Crippen LogP contribution in [0.2, 0.25) is 0 Å². The number of halogens is 1. The summed E-state index contributed by atoms with van der Waals surface area (Å²) in [4.78, 5) is 2.47. The van der Waals surface area contributed by atoms with E-state index in [-0.39, 0.29) is 5.82 Å². The maximum absolute atomic E-state index is 13.6. The van der Waals surface area contributed by atoms with Gasteiger partial charge in [0.05, 0.1) is 5.69 Å². The van der Waals surface area contributed by atoms with E-state index in [0.717, 1.165) is 37.3 Å². The van der Waals surface area contributed by atoms with E-state index in [1.807, 2.05) is 16.8 Å². The average Bonchev–Trinajstić information content (AvgIpc) is 2.88. The molecule has 118 valence electrons. The van der Waals surface area contributed by atoms with Crippen LogP contribution in [0.15, 0.2) is 30.5 Å². The molecule has 2 aromatic rings. The summed E-state index contributed by atoms with van der Waals surface area (Å²) in [5.74, 6) is -0.141. The SMILES string of the molecule is CCn1cc(CN2CCCC[C@H]2c2cccc(F)c2)c(C)n1. The van der Waals surface area contributed by atoms with E-state index >= 15 is 0 Å². The Kier molecular flexibility index (Phi) is 4.57. The van der Waals surface area contributed by atoms with Gasteiger partial charge in [-0.1, -0.05) is 18.6 Å². The molecule has 1 aromatic heterocycles. The van der Waals surface area contributed by atoms with Gasteiger partial charge >= 0.3 is 0 Å². The molecule has 0 saturated carbocycles. The molecule has 1 aliphatic heterocycles. The molecule has 1 atom stereocenters. The van der Waals surface area contributed by atoms with Gasteiger partial charge in [0.15, 0.2) is 0 Å². The zero-order valence-electron chi connectivity index (χ0n) is 13.4. The van der Waals surface area contributed by atoms with Crippen molar-refractivity contribution < 1.29 is 4.39 Å². The lowest BCUT2D eigenvalue weighted by Crippen LogP contribution is -2.33. The topological polar surface area (TPSA) is 21.1 Å². The normalized spacial score (nSPS) is 19.5. The predicted molar refractivity (Wildman–Crippen MR) is 86.0 cm³/mol. The quantitative estimate of drug-likeness (QED) is 0.848. The minimum Gasteiger partial charge on any atom is -0.292 e. The zero-order chi connectivity index (χ0) is 15.5. The molecule has 1 aliphatic rings. The molecule has 0 bridgehead atoms. The standard InChI is InChI=1S/C18H24FN3/c1-3-22-13-16(14(2)20-22)12-21-10-5-4-9-18(21)15-7-6-8-17(19)11-15/h6-8,11,13,18H,3-5,9-10,12H2,1-2H3/t18-/m0/s1. The Labute approximate surface area is 131 Å². The van der Waals surface area contributed by atoms with Crippen molar-refractivity contribution in [1.29, 1.82) is 0 Å². The summed E-state index contributed by atoms with van der Waals surface area (Å²) >= 11 is 0. The Morgan fingerprint density at radius 1 is 1.32 bits per heavy atom. The average molecular weight is 301 g/mol. The number of aromatic nitrogens is 2. The van der Waals surface area contributed by atoms with E-state index in [1.54, 1.807) is 6.07 Å². The van der Waals surface area contributed by atoms with Gasteiger partial charge in [-0.15, -0.1) is 0 Å². The van der Waals surface area contributed by atoms with E-state index in [4.69, 9.17) is 0 Å². The summed E-state index contributed by atoms with van der Waals surface area (Å²) in [6.45, 7) is 7.04. The van der Waals surface area contributed by atoms with Gasteiger partial charge in [-0.05, 0) is 50.9 Å². The van der Waals surface area contributed by atoms with Crippen molar-refractivity contribution in [1.82, 2.24) is 14.7 Å². The fourth-order valence-corrected chi connectivity index (χ4v) is 3.37. The van der Waals surface area contributed by atoms with E-state index in [9.17, 15) is 4.39 Å². The molecule has 1 fully saturated rings. The molecule has 0 unspecified atom stereocenters. The minimum absolute atomic E-state index is 0.141. The van der Waals surface area contributed by atoms with Gasteiger partial charge in [0.1, 0.15) is 5.82 Å². The van der Waals surface area contributed by atoms with Crippen LogP contribution < -0.4 is 0 Å². The first-order valence-corrected chi connectivity index (χ1v) is 8.20. The second-order valence-electron chi connectivity index (χ2n) is 6.13. The van der Waals surface area contributed by atoms with Crippen molar-refractivity contribution >= 4 is 0 Å². The highest BCUT2D eigenvalue weighted by Crippen LogP contribution is 2.32. The molecule has 22 heavy (non-hydrogen) atoms. The molecular weight excluding hydrogens is 277 g/mol. The lowest BCUT2D eigenvalue weighted by atomic mass is 9.94. The van der Waals surface area contributed by atoms with E-state index in [0.29, 0.717) is 6.04 Å². The predicted octanol–water partition coefficient (Wildman–Crippen LogP) is 4.08. The van der Waals surface area contributed by atoms with E-state index in [1.165, 1.54) is 24.5 Å². The summed E-state index contributed by atoms with van der Waals surface area (Å²) in [5.41, 5.74) is 3.48. The Balaban J connectivity index is 1.82. The third-order valence-electron chi connectivity index (χ3n) is 4.59. The molecule has 0 N–H and O–H groups in total. The third kappa shape index (κ3) is 3.22. The number of hydrogen-bond acceptors (Lipinski definition) is 2. The lowest BCUT2D eigenvalue weighted by molar-refractivity contribution is 0.140. The molecule has 0 radical (unpaired) electrons. The van der Waals surface area contributed by atoms with Gasteiger partial charge in [0, 0.05) is 30.9 Å². The maximum Gasteiger partial charge on any atom is 0.123 e. The molecule has 0 spiro atoms. The van der Waals surface area contributed by atoms with E-state index in [2.05, 4.69) is 30.0 Å². The van der Waals surface area contributed by atoms with Gasteiger partial charge in [-0.3, -0.25) is 9.58 Å². The van der Waals surface area contributed by atoms with Crippen LogP contribution in [0.3, 0.4) is 0 Å². The van der Waals surface area contributed by atoms with Crippen LogP contribution in [-0.4, -0.2) is 21.2 Å². The Morgan fingerprint density at radius 3 is 2.91 bits per heavy atom. The summed E-state index contributed by atoms with van der Waals surface area (Å²) in [7, 11) is 0. The second kappa shape index (κ2) is 6.61. The smallest absolute Gasteiger partial charge is 0.123 e. The van der Waals surface area contributed by atoms with E-state index < -0.39 is 0 Å². The third-order valence-corrected chi connectivity index (χ3v) is 4.59. The van der Waals surface area contributed by atoms with Gasteiger partial charge in [-0.25, -0.2) is 4.39 Å². The number of piperidine rings is 1. The Bertz CT molecular complexity index is 635. The van der Waals surface area contributed by atoms with Crippen LogP contribution in [0.4, 0.5) is 4.39 Å². The van der Waals surface area contributed by atoms with Crippen molar-refractivity contribution in [3.63, 3.8) is 0 Å². The maximum atomic E-state index is 13.6. The monoisotopic (exact) mass is 301 g/mol. The van der Waals surface area contributed by atoms with Crippen molar-refractivity contribution in [3.05, 3.63) is 53.1 Å². The van der Waals surface area contributed by atoms with Gasteiger partial charge in [0.2, 0.25) is 0 Å². The molecule has 0 amide bonds. The van der Waals surface area contributed by atoms with Gasteiger partial charge in [0.25, 0.3) is 0 Å². The number of hydrogen-bond donors (Lipinski definition) is 0. The molecule has 1 saturated heterocycles. The number of likely N-dealkylation sites (tertiary alicyclic amines) is 1. The van der Waals surface area contributed by atoms with Crippen molar-refractivity contribution in [2.24, 2.45) is 0 Å². The first kappa shape index (κ1) is 15.2. The number of benzene rings is 1. The minimum atomic E-state index is -0.141. The van der Waals surface area contributed by atoms with Gasteiger partial charge < -0.3 is 0 Å². The summed E-state index contributed by atoms with van der Waals surface area (Å²) in [6.07, 6.45) is 5.68. The summed E-state index contributed by atoms with van der Waals surface area (Å²) in [6, 6.07) is 7.39. The van der Waals surface area contributed by atoms with Crippen LogP contribution >= 0.6 is 0 Å². The summed E-state index contributed by atoms with van der Waals surface area (Å²) in [5, 5.41) is 4.54. The fourth-order valence-electron chi connectivity index (χ4n) is 3.37. The van der Waals surface area contributed by atoms with Gasteiger partial charge in [-0.2, -0.15) is 5.10 Å². The molecule has 0 aliphatic carbocycles. The summed E-state index contributed by atoms with van der Waals surface area (Å²) < 4.78 is 15.5. The fraction of sp³-hybridized carbons (Fsp3) is 0.500. The van der Waals surface area contributed by atoms with Crippen molar-refractivity contribution in [3.8, 4) is 0 Å². The van der Waals surface area contributed by atoms with Crippen LogP contribution in [0.5, 0.6) is 0 Å². The van der Waals surface area contributed by atoms with Crippen LogP contribution in [0, 0.1) is 12.7 Å². The first-order chi connectivity index (χ1) is 10.7. The first-order valence-electron chi connectivity index (χ1n) is 8.20. The highest BCUT2D eigenvalue weighted by molar-refractivity contribution is 5.22. The second-order valence-corrected chi connectivity index (χ2v) is 6.13. The molecular formula is C18H24FN3. The van der Waals surface area contributed by atoms with Crippen LogP contribution in [0.25, 0.3) is 0 Å². The largest absolute Gasteiger partial charge is 0.292 e. The van der Waals surface area contributed by atoms with Crippen LogP contribution in [0.1, 0.15) is 49.0 Å². The molecule has 1 aromatic carbocycles. The Morgan fingerprint density at radius 2 is 2.18 bits per heavy atom. The molecule has 2 heterocycles. The molecule has 4 heteroatoms. The number of rotatable bonds is 4. The molecule has 3 nitrogen and oxygen atoms in total. The van der Waals surface area contributed by atoms with Crippen LogP contribution in [-0.2, 0) is 13.1 Å². The highest BCUT2D eigenvalue weighted by Gasteiger charge is 2.25. The van der Waals surface area contributed by atoms with Crippen molar-refractivity contribution in [2.45, 2.75) is 52.2 Å². The zero-order valence-corrected chi connectivity index (χ0v) is 13.4.